The minimum atomic E-state index is 0.122. The summed E-state index contributed by atoms with van der Waals surface area (Å²) in [5.41, 5.74) is 3.05. The molecule has 7 nitrogen and oxygen atoms in total. The van der Waals surface area contributed by atoms with E-state index in [4.69, 9.17) is 0 Å². The van der Waals surface area contributed by atoms with E-state index in [1.54, 1.807) is 6.20 Å². The third kappa shape index (κ3) is 4.40. The van der Waals surface area contributed by atoms with Crippen LogP contribution in [-0.4, -0.2) is 61.2 Å². The summed E-state index contributed by atoms with van der Waals surface area (Å²) >= 11 is 0. The highest BCUT2D eigenvalue weighted by molar-refractivity contribution is 5.95. The third-order valence-electron chi connectivity index (χ3n) is 5.59. The Kier molecular flexibility index (Phi) is 5.76. The van der Waals surface area contributed by atoms with E-state index < -0.39 is 0 Å². The number of hydrogen-bond donors (Lipinski definition) is 0. The van der Waals surface area contributed by atoms with Crippen LogP contribution >= 0.6 is 0 Å². The molecule has 1 aliphatic rings. The Bertz CT molecular complexity index is 967. The fourth-order valence-electron chi connectivity index (χ4n) is 3.82. The Morgan fingerprint density at radius 3 is 2.59 bits per heavy atom. The molecule has 3 heterocycles. The van der Waals surface area contributed by atoms with Crippen molar-refractivity contribution in [3.8, 4) is 0 Å². The molecule has 0 unspecified atom stereocenters. The molecular weight excluding hydrogens is 364 g/mol. The number of piperazine rings is 1. The molecule has 0 bridgehead atoms. The molecule has 4 rings (SSSR count). The molecule has 1 amide bonds. The summed E-state index contributed by atoms with van der Waals surface area (Å²) in [6.07, 6.45) is 7.79. The van der Waals surface area contributed by atoms with E-state index in [1.165, 1.54) is 5.56 Å². The lowest BCUT2D eigenvalue weighted by atomic mass is 10.1. The fourth-order valence-corrected chi connectivity index (χ4v) is 3.82. The van der Waals surface area contributed by atoms with E-state index in [9.17, 15) is 4.79 Å². The Hall–Kier alpha value is -2.93. The number of aromatic nitrogens is 4. The van der Waals surface area contributed by atoms with Gasteiger partial charge in [0, 0.05) is 75.5 Å². The summed E-state index contributed by atoms with van der Waals surface area (Å²) < 4.78 is 4.02. The second kappa shape index (κ2) is 8.61. The van der Waals surface area contributed by atoms with Gasteiger partial charge in [-0.2, -0.15) is 5.10 Å². The lowest BCUT2D eigenvalue weighted by molar-refractivity contribution is 0.0627. The second-order valence-corrected chi connectivity index (χ2v) is 7.53. The van der Waals surface area contributed by atoms with E-state index in [1.807, 2.05) is 53.2 Å². The van der Waals surface area contributed by atoms with Gasteiger partial charge in [-0.05, 0) is 25.5 Å². The summed E-state index contributed by atoms with van der Waals surface area (Å²) in [6, 6.07) is 7.91. The van der Waals surface area contributed by atoms with Gasteiger partial charge in [-0.15, -0.1) is 0 Å². The zero-order chi connectivity index (χ0) is 20.2. The van der Waals surface area contributed by atoms with Gasteiger partial charge in [0.2, 0.25) is 0 Å². The van der Waals surface area contributed by atoms with Crippen LogP contribution in [0.15, 0.2) is 49.1 Å². The topological polar surface area (TPSA) is 59.2 Å². The van der Waals surface area contributed by atoms with Crippen molar-refractivity contribution in [2.75, 3.05) is 26.2 Å². The van der Waals surface area contributed by atoms with Crippen molar-refractivity contribution in [2.45, 2.75) is 33.5 Å². The summed E-state index contributed by atoms with van der Waals surface area (Å²) in [7, 11) is 0. The van der Waals surface area contributed by atoms with E-state index >= 15 is 0 Å². The molecule has 152 valence electrons. The first-order chi connectivity index (χ1) is 14.1. The van der Waals surface area contributed by atoms with Crippen LogP contribution in [-0.2, 0) is 19.6 Å². The van der Waals surface area contributed by atoms with E-state index in [0.717, 1.165) is 56.2 Å². The minimum absolute atomic E-state index is 0.122. The molecule has 1 aromatic carbocycles. The summed E-state index contributed by atoms with van der Waals surface area (Å²) in [5.74, 6) is 1.07. The average molecular weight is 393 g/mol. The van der Waals surface area contributed by atoms with Crippen LogP contribution in [0.1, 0.15) is 34.2 Å². The first kappa shape index (κ1) is 19.4. The largest absolute Gasteiger partial charge is 0.336 e. The van der Waals surface area contributed by atoms with Crippen molar-refractivity contribution >= 4 is 5.91 Å². The van der Waals surface area contributed by atoms with E-state index in [2.05, 4.69) is 32.7 Å². The van der Waals surface area contributed by atoms with Crippen molar-refractivity contribution in [2.24, 2.45) is 0 Å². The van der Waals surface area contributed by atoms with Crippen LogP contribution < -0.4 is 0 Å². The van der Waals surface area contributed by atoms with Gasteiger partial charge in [0.05, 0.1) is 6.20 Å². The van der Waals surface area contributed by atoms with Crippen molar-refractivity contribution in [1.29, 1.82) is 0 Å². The van der Waals surface area contributed by atoms with Crippen molar-refractivity contribution in [3.63, 3.8) is 0 Å². The second-order valence-electron chi connectivity index (χ2n) is 7.53. The zero-order valence-corrected chi connectivity index (χ0v) is 17.2. The first-order valence-electron chi connectivity index (χ1n) is 10.2. The zero-order valence-electron chi connectivity index (χ0n) is 17.2. The van der Waals surface area contributed by atoms with Gasteiger partial charge in [-0.1, -0.05) is 18.2 Å². The number of benzene rings is 1. The number of nitrogens with zero attached hydrogens (tertiary/aromatic N) is 6. The Morgan fingerprint density at radius 2 is 1.90 bits per heavy atom. The molecule has 29 heavy (non-hydrogen) atoms. The maximum Gasteiger partial charge on any atom is 0.254 e. The van der Waals surface area contributed by atoms with Gasteiger partial charge >= 0.3 is 0 Å². The summed E-state index contributed by atoms with van der Waals surface area (Å²) in [4.78, 5) is 21.9. The molecule has 1 saturated heterocycles. The number of carbonyl (C=O) groups excluding carboxylic acids is 1. The highest BCUT2D eigenvalue weighted by atomic mass is 16.2. The van der Waals surface area contributed by atoms with Crippen LogP contribution in [0.2, 0.25) is 0 Å². The molecule has 7 heteroatoms. The number of imidazole rings is 1. The normalized spacial score (nSPS) is 15.0. The Balaban J connectivity index is 1.39. The molecule has 0 saturated carbocycles. The average Bonchev–Trinajstić information content (AvgIpc) is 3.37. The summed E-state index contributed by atoms with van der Waals surface area (Å²) in [6.45, 7) is 9.77. The SMILES string of the molecule is CCn1cc(CN2CCN(C(=O)c3ccccc3Cn3ccnc3C)CC2)cn1. The van der Waals surface area contributed by atoms with E-state index in [-0.39, 0.29) is 5.91 Å². The molecular formula is C22H28N6O. The lowest BCUT2D eigenvalue weighted by Crippen LogP contribution is -2.48. The number of hydrogen-bond acceptors (Lipinski definition) is 4. The molecule has 1 fully saturated rings. The summed E-state index contributed by atoms with van der Waals surface area (Å²) in [5, 5.41) is 4.35. The Labute approximate surface area is 171 Å². The lowest BCUT2D eigenvalue weighted by Gasteiger charge is -2.35. The molecule has 0 radical (unpaired) electrons. The molecule has 0 spiro atoms. The fraction of sp³-hybridized carbons (Fsp3) is 0.409. The van der Waals surface area contributed by atoms with Gasteiger partial charge in [0.25, 0.3) is 5.91 Å². The molecule has 0 aliphatic carbocycles. The predicted molar refractivity (Wildman–Crippen MR) is 112 cm³/mol. The number of aryl methyl sites for hydroxylation is 2. The molecule has 2 aromatic heterocycles. The molecule has 0 N–H and O–H groups in total. The van der Waals surface area contributed by atoms with Crippen LogP contribution in [0.3, 0.4) is 0 Å². The highest BCUT2D eigenvalue weighted by Gasteiger charge is 2.24. The molecule has 1 aliphatic heterocycles. The Morgan fingerprint density at radius 1 is 1.10 bits per heavy atom. The smallest absolute Gasteiger partial charge is 0.254 e. The van der Waals surface area contributed by atoms with Gasteiger partial charge in [-0.3, -0.25) is 14.4 Å². The minimum Gasteiger partial charge on any atom is -0.336 e. The van der Waals surface area contributed by atoms with Crippen LogP contribution in [0.5, 0.6) is 0 Å². The maximum absolute atomic E-state index is 13.2. The van der Waals surface area contributed by atoms with Crippen molar-refractivity contribution in [3.05, 3.63) is 71.6 Å². The number of rotatable bonds is 6. The first-order valence-corrected chi connectivity index (χ1v) is 10.2. The van der Waals surface area contributed by atoms with E-state index in [0.29, 0.717) is 6.54 Å². The highest BCUT2D eigenvalue weighted by Crippen LogP contribution is 2.16. The van der Waals surface area contributed by atoms with Gasteiger partial charge in [0.15, 0.2) is 0 Å². The van der Waals surface area contributed by atoms with Crippen molar-refractivity contribution in [1.82, 2.24) is 29.1 Å². The van der Waals surface area contributed by atoms with Crippen LogP contribution in [0, 0.1) is 6.92 Å². The van der Waals surface area contributed by atoms with Crippen LogP contribution in [0.25, 0.3) is 0 Å². The van der Waals surface area contributed by atoms with Crippen LogP contribution in [0.4, 0.5) is 0 Å². The third-order valence-corrected chi connectivity index (χ3v) is 5.59. The number of carbonyl (C=O) groups is 1. The standard InChI is InChI=1S/C22H28N6O/c1-3-28-16-19(14-24-28)15-25-10-12-26(13-11-25)22(29)21-7-5-4-6-20(21)17-27-9-8-23-18(27)2/h4-9,14,16H,3,10-13,15,17H2,1-2H3. The number of amides is 1. The molecule has 3 aromatic rings. The van der Waals surface area contributed by atoms with Crippen molar-refractivity contribution < 1.29 is 4.79 Å². The molecule has 0 atom stereocenters. The quantitative estimate of drug-likeness (QED) is 0.646. The predicted octanol–water partition coefficient (Wildman–Crippen LogP) is 2.41. The van der Waals surface area contributed by atoms with Gasteiger partial charge in [0.1, 0.15) is 5.82 Å². The maximum atomic E-state index is 13.2. The monoisotopic (exact) mass is 392 g/mol. The van der Waals surface area contributed by atoms with Gasteiger partial charge < -0.3 is 9.47 Å². The van der Waals surface area contributed by atoms with Gasteiger partial charge in [-0.25, -0.2) is 4.98 Å².